The molecule has 26 heavy (non-hydrogen) atoms. The van der Waals surface area contributed by atoms with Gasteiger partial charge < -0.3 is 10.1 Å². The summed E-state index contributed by atoms with van der Waals surface area (Å²) in [5, 5.41) is 2.92. The lowest BCUT2D eigenvalue weighted by molar-refractivity contribution is -0.141. The minimum Gasteiger partial charge on any atom is -0.469 e. The Bertz CT molecular complexity index is 826. The summed E-state index contributed by atoms with van der Waals surface area (Å²) in [5.41, 5.74) is 1.38. The summed E-state index contributed by atoms with van der Waals surface area (Å²) in [6.45, 7) is 0. The van der Waals surface area contributed by atoms with Crippen LogP contribution in [0.5, 0.6) is 0 Å². The van der Waals surface area contributed by atoms with Gasteiger partial charge in [-0.05, 0) is 41.7 Å². The van der Waals surface area contributed by atoms with Gasteiger partial charge in [0, 0.05) is 10.4 Å². The van der Waals surface area contributed by atoms with Crippen LogP contribution in [0.3, 0.4) is 0 Å². The Morgan fingerprint density at radius 1 is 1.27 bits per heavy atom. The average Bonchev–Trinajstić information content (AvgIpc) is 3.42. The van der Waals surface area contributed by atoms with Gasteiger partial charge in [0.1, 0.15) is 5.82 Å². The molecule has 1 saturated carbocycles. The number of amides is 1. The molecule has 0 bridgehead atoms. The molecule has 3 atom stereocenters. The maximum Gasteiger partial charge on any atom is 0.307 e. The van der Waals surface area contributed by atoms with Crippen molar-refractivity contribution in [2.24, 2.45) is 5.92 Å². The molecule has 1 aliphatic rings. The van der Waals surface area contributed by atoms with E-state index in [-0.39, 0.29) is 30.0 Å². The molecule has 2 aromatic rings. The number of esters is 1. The first kappa shape index (κ1) is 18.6. The molecule has 0 aromatic heterocycles. The number of nitrogens with one attached hydrogen (secondary N) is 1. The summed E-state index contributed by atoms with van der Waals surface area (Å²) in [5.74, 6) is -1.26. The highest BCUT2D eigenvalue weighted by Gasteiger charge is 2.45. The monoisotopic (exact) mass is 419 g/mol. The molecule has 1 fully saturated rings. The SMILES string of the molecule is COC(=O)CC(NC(=O)C1CC1c1ccccc1F)c1cccc(Br)c1. The Morgan fingerprint density at radius 3 is 2.73 bits per heavy atom. The van der Waals surface area contributed by atoms with E-state index in [9.17, 15) is 14.0 Å². The van der Waals surface area contributed by atoms with Gasteiger partial charge in [-0.3, -0.25) is 9.59 Å². The molecule has 0 heterocycles. The fourth-order valence-corrected chi connectivity index (χ4v) is 3.53. The van der Waals surface area contributed by atoms with Crippen LogP contribution in [0.2, 0.25) is 0 Å². The lowest BCUT2D eigenvalue weighted by Gasteiger charge is -2.18. The van der Waals surface area contributed by atoms with Gasteiger partial charge in [0.25, 0.3) is 0 Å². The number of hydrogen-bond donors (Lipinski definition) is 1. The highest BCUT2D eigenvalue weighted by molar-refractivity contribution is 9.10. The van der Waals surface area contributed by atoms with Gasteiger partial charge in [0.2, 0.25) is 5.91 Å². The minimum atomic E-state index is -0.491. The van der Waals surface area contributed by atoms with Gasteiger partial charge in [0.05, 0.1) is 19.6 Å². The van der Waals surface area contributed by atoms with Crippen LogP contribution >= 0.6 is 15.9 Å². The zero-order chi connectivity index (χ0) is 18.7. The topological polar surface area (TPSA) is 55.4 Å². The third-order valence-electron chi connectivity index (χ3n) is 4.60. The maximum absolute atomic E-state index is 13.9. The molecule has 6 heteroatoms. The highest BCUT2D eigenvalue weighted by Crippen LogP contribution is 2.48. The number of ether oxygens (including phenoxy) is 1. The number of benzene rings is 2. The summed E-state index contributed by atoms with van der Waals surface area (Å²) in [7, 11) is 1.32. The smallest absolute Gasteiger partial charge is 0.307 e. The van der Waals surface area contributed by atoms with Crippen LogP contribution in [0.4, 0.5) is 4.39 Å². The van der Waals surface area contributed by atoms with Crippen LogP contribution in [0.15, 0.2) is 53.0 Å². The van der Waals surface area contributed by atoms with E-state index >= 15 is 0 Å². The van der Waals surface area contributed by atoms with Crippen molar-refractivity contribution in [3.63, 3.8) is 0 Å². The van der Waals surface area contributed by atoms with E-state index in [0.717, 1.165) is 10.0 Å². The van der Waals surface area contributed by atoms with E-state index in [0.29, 0.717) is 12.0 Å². The molecular formula is C20H19BrFNO3. The van der Waals surface area contributed by atoms with Gasteiger partial charge >= 0.3 is 5.97 Å². The quantitative estimate of drug-likeness (QED) is 0.716. The fourth-order valence-electron chi connectivity index (χ4n) is 3.11. The number of rotatable bonds is 6. The van der Waals surface area contributed by atoms with Crippen molar-refractivity contribution in [2.45, 2.75) is 24.8 Å². The van der Waals surface area contributed by atoms with Crippen molar-refractivity contribution in [1.82, 2.24) is 5.32 Å². The molecule has 1 N–H and O–H groups in total. The van der Waals surface area contributed by atoms with Crippen molar-refractivity contribution in [3.05, 3.63) is 69.9 Å². The molecular weight excluding hydrogens is 401 g/mol. The predicted octanol–water partition coefficient (Wildman–Crippen LogP) is 4.11. The zero-order valence-corrected chi connectivity index (χ0v) is 15.8. The number of carbonyl (C=O) groups excluding carboxylic acids is 2. The molecule has 2 aromatic carbocycles. The Morgan fingerprint density at radius 2 is 2.04 bits per heavy atom. The molecule has 3 rings (SSSR count). The number of halogens is 2. The summed E-state index contributed by atoms with van der Waals surface area (Å²) in [6.07, 6.45) is 0.645. The van der Waals surface area contributed by atoms with Gasteiger partial charge in [-0.2, -0.15) is 0 Å². The first-order valence-electron chi connectivity index (χ1n) is 8.36. The molecule has 0 aliphatic heterocycles. The van der Waals surface area contributed by atoms with E-state index in [4.69, 9.17) is 4.74 Å². The third kappa shape index (κ3) is 4.30. The van der Waals surface area contributed by atoms with Crippen LogP contribution in [-0.4, -0.2) is 19.0 Å². The summed E-state index contributed by atoms with van der Waals surface area (Å²) in [6, 6.07) is 13.5. The lowest BCUT2D eigenvalue weighted by atomic mass is 10.0. The zero-order valence-electron chi connectivity index (χ0n) is 14.2. The standard InChI is InChI=1S/C20H19BrFNO3/c1-26-19(24)11-18(12-5-4-6-13(21)9-12)23-20(25)16-10-15(16)14-7-2-3-8-17(14)22/h2-9,15-16,18H,10-11H2,1H3,(H,23,25). The summed E-state index contributed by atoms with van der Waals surface area (Å²) < 4.78 is 19.5. The summed E-state index contributed by atoms with van der Waals surface area (Å²) >= 11 is 3.40. The second kappa shape index (κ2) is 7.99. The number of hydrogen-bond acceptors (Lipinski definition) is 3. The van der Waals surface area contributed by atoms with E-state index in [1.807, 2.05) is 24.3 Å². The fraction of sp³-hybridized carbons (Fsp3) is 0.300. The molecule has 3 unspecified atom stereocenters. The van der Waals surface area contributed by atoms with Crippen molar-refractivity contribution in [2.75, 3.05) is 7.11 Å². The van der Waals surface area contributed by atoms with Gasteiger partial charge in [-0.1, -0.05) is 46.3 Å². The first-order valence-corrected chi connectivity index (χ1v) is 9.16. The van der Waals surface area contributed by atoms with Gasteiger partial charge in [-0.25, -0.2) is 4.39 Å². The Balaban J connectivity index is 1.72. The second-order valence-corrected chi connectivity index (χ2v) is 7.28. The van der Waals surface area contributed by atoms with Crippen molar-refractivity contribution in [1.29, 1.82) is 0 Å². The molecule has 0 spiro atoms. The Kier molecular flexibility index (Phi) is 5.71. The van der Waals surface area contributed by atoms with Gasteiger partial charge in [-0.15, -0.1) is 0 Å². The van der Waals surface area contributed by atoms with Crippen molar-refractivity contribution in [3.8, 4) is 0 Å². The summed E-state index contributed by atoms with van der Waals surface area (Å²) in [4.78, 5) is 24.4. The first-order chi connectivity index (χ1) is 12.5. The van der Waals surface area contributed by atoms with Crippen LogP contribution in [0.1, 0.15) is 35.9 Å². The van der Waals surface area contributed by atoms with E-state index in [1.165, 1.54) is 13.2 Å². The normalized spacial score (nSPS) is 19.5. The highest BCUT2D eigenvalue weighted by atomic mass is 79.9. The van der Waals surface area contributed by atoms with Crippen molar-refractivity contribution < 1.29 is 18.7 Å². The van der Waals surface area contributed by atoms with Gasteiger partial charge in [0.15, 0.2) is 0 Å². The predicted molar refractivity (Wildman–Crippen MR) is 98.9 cm³/mol. The maximum atomic E-state index is 13.9. The van der Waals surface area contributed by atoms with E-state index < -0.39 is 12.0 Å². The minimum absolute atomic E-state index is 0.0375. The molecule has 1 aliphatic carbocycles. The lowest BCUT2D eigenvalue weighted by Crippen LogP contribution is -2.32. The third-order valence-corrected chi connectivity index (χ3v) is 5.09. The van der Waals surface area contributed by atoms with Crippen molar-refractivity contribution >= 4 is 27.8 Å². The molecule has 0 saturated heterocycles. The Labute approximate surface area is 159 Å². The molecule has 4 nitrogen and oxygen atoms in total. The second-order valence-electron chi connectivity index (χ2n) is 6.37. The van der Waals surface area contributed by atoms with E-state index in [1.54, 1.807) is 18.2 Å². The average molecular weight is 420 g/mol. The van der Waals surface area contributed by atoms with Crippen LogP contribution < -0.4 is 5.32 Å². The van der Waals surface area contributed by atoms with Crippen LogP contribution in [0.25, 0.3) is 0 Å². The number of carbonyl (C=O) groups is 2. The van der Waals surface area contributed by atoms with Crippen LogP contribution in [-0.2, 0) is 14.3 Å². The van der Waals surface area contributed by atoms with E-state index in [2.05, 4.69) is 21.2 Å². The molecule has 136 valence electrons. The molecule has 1 amide bonds. The Hall–Kier alpha value is -2.21. The largest absolute Gasteiger partial charge is 0.469 e. The number of methoxy groups -OCH3 is 1. The molecule has 0 radical (unpaired) electrons. The van der Waals surface area contributed by atoms with Crippen LogP contribution in [0, 0.1) is 11.7 Å².